The van der Waals surface area contributed by atoms with Crippen LogP contribution < -0.4 is 11.5 Å². The second-order valence-electron chi connectivity index (χ2n) is 3.66. The predicted octanol–water partition coefficient (Wildman–Crippen LogP) is 2.96. The van der Waals surface area contributed by atoms with Crippen molar-refractivity contribution in [1.29, 1.82) is 0 Å². The summed E-state index contributed by atoms with van der Waals surface area (Å²) in [7, 11) is 0. The van der Waals surface area contributed by atoms with Gasteiger partial charge < -0.3 is 11.5 Å². The van der Waals surface area contributed by atoms with Crippen molar-refractivity contribution in [2.45, 2.75) is 30.2 Å². The molecule has 0 saturated heterocycles. The fraction of sp³-hybridized carbons (Fsp3) is 0.500. The molecule has 1 atom stereocenters. The molecule has 0 aromatic heterocycles. The molecule has 1 aromatic rings. The van der Waals surface area contributed by atoms with E-state index >= 15 is 0 Å². The summed E-state index contributed by atoms with van der Waals surface area (Å²) < 4.78 is 0. The molecular weight excluding hydrogens is 240 g/mol. The summed E-state index contributed by atoms with van der Waals surface area (Å²) in [5, 5.41) is 0. The van der Waals surface area contributed by atoms with Gasteiger partial charge in [-0.2, -0.15) is 0 Å². The zero-order valence-electron chi connectivity index (χ0n) is 9.69. The lowest BCUT2D eigenvalue weighted by atomic mass is 10.0. The van der Waals surface area contributed by atoms with Gasteiger partial charge in [0, 0.05) is 10.9 Å². The summed E-state index contributed by atoms with van der Waals surface area (Å²) in [5.41, 5.74) is 12.8. The maximum atomic E-state index is 6.08. The Morgan fingerprint density at radius 3 is 2.31 bits per heavy atom. The molecule has 92 valence electrons. The predicted molar refractivity (Wildman–Crippen MR) is 75.3 cm³/mol. The second-order valence-corrected chi connectivity index (χ2v) is 4.54. The lowest BCUT2D eigenvalue weighted by molar-refractivity contribution is 0.591. The van der Waals surface area contributed by atoms with Crippen LogP contribution in [-0.2, 0) is 0 Å². The molecule has 0 spiro atoms. The van der Waals surface area contributed by atoms with Crippen molar-refractivity contribution >= 4 is 24.2 Å². The number of nitrogens with two attached hydrogens (primary N) is 2. The van der Waals surface area contributed by atoms with Gasteiger partial charge >= 0.3 is 0 Å². The van der Waals surface area contributed by atoms with Gasteiger partial charge in [0.15, 0.2) is 0 Å². The monoisotopic (exact) mass is 260 g/mol. The standard InChI is InChI=1S/C12H20N2S.ClH/c1-15-11-7-5-10(6-8-11)12(14)4-2-3-9-13;/h5-8,12H,2-4,9,13-14H2,1H3;1H/t12-;/m0./s1. The number of unbranched alkanes of at least 4 members (excludes halogenated alkanes) is 1. The zero-order chi connectivity index (χ0) is 11.1. The number of thioether (sulfide) groups is 1. The SMILES string of the molecule is CSc1ccc([C@@H](N)CCCCN)cc1.Cl. The summed E-state index contributed by atoms with van der Waals surface area (Å²) >= 11 is 1.75. The van der Waals surface area contributed by atoms with E-state index < -0.39 is 0 Å². The van der Waals surface area contributed by atoms with Gasteiger partial charge in [0.05, 0.1) is 0 Å². The van der Waals surface area contributed by atoms with Crippen LogP contribution in [0.1, 0.15) is 30.9 Å². The van der Waals surface area contributed by atoms with Crippen molar-refractivity contribution in [3.8, 4) is 0 Å². The highest BCUT2D eigenvalue weighted by Crippen LogP contribution is 2.20. The van der Waals surface area contributed by atoms with Crippen LogP contribution >= 0.6 is 24.2 Å². The van der Waals surface area contributed by atoms with Gasteiger partial charge in [0.25, 0.3) is 0 Å². The highest BCUT2D eigenvalue weighted by molar-refractivity contribution is 7.98. The van der Waals surface area contributed by atoms with Crippen LogP contribution in [0.2, 0.25) is 0 Å². The smallest absolute Gasteiger partial charge is 0.0294 e. The minimum absolute atomic E-state index is 0. The van der Waals surface area contributed by atoms with Crippen molar-refractivity contribution in [2.75, 3.05) is 12.8 Å². The first-order valence-electron chi connectivity index (χ1n) is 5.37. The molecule has 0 unspecified atom stereocenters. The van der Waals surface area contributed by atoms with E-state index in [9.17, 15) is 0 Å². The summed E-state index contributed by atoms with van der Waals surface area (Å²) in [6.45, 7) is 0.762. The molecule has 1 rings (SSSR count). The average molecular weight is 261 g/mol. The fourth-order valence-electron chi connectivity index (χ4n) is 1.53. The third-order valence-corrected chi connectivity index (χ3v) is 3.26. The number of halogens is 1. The summed E-state index contributed by atoms with van der Waals surface area (Å²) in [6, 6.07) is 8.66. The Hall–Kier alpha value is -0.220. The lowest BCUT2D eigenvalue weighted by Gasteiger charge is -2.11. The van der Waals surface area contributed by atoms with Crippen LogP contribution in [0.15, 0.2) is 29.2 Å². The Morgan fingerprint density at radius 1 is 1.19 bits per heavy atom. The Labute approximate surface area is 109 Å². The molecule has 16 heavy (non-hydrogen) atoms. The molecule has 4 N–H and O–H groups in total. The summed E-state index contributed by atoms with van der Waals surface area (Å²) in [4.78, 5) is 1.29. The van der Waals surface area contributed by atoms with E-state index in [1.165, 1.54) is 10.5 Å². The number of benzene rings is 1. The minimum Gasteiger partial charge on any atom is -0.330 e. The van der Waals surface area contributed by atoms with Crippen LogP contribution in [0.4, 0.5) is 0 Å². The molecule has 0 fully saturated rings. The largest absolute Gasteiger partial charge is 0.330 e. The van der Waals surface area contributed by atoms with E-state index in [1.807, 2.05) is 0 Å². The minimum atomic E-state index is 0. The van der Waals surface area contributed by atoms with Crippen LogP contribution in [0, 0.1) is 0 Å². The lowest BCUT2D eigenvalue weighted by Crippen LogP contribution is -2.10. The molecule has 0 aliphatic rings. The molecule has 2 nitrogen and oxygen atoms in total. The summed E-state index contributed by atoms with van der Waals surface area (Å²) in [6.07, 6.45) is 5.28. The van der Waals surface area contributed by atoms with Crippen molar-refractivity contribution in [2.24, 2.45) is 11.5 Å². The van der Waals surface area contributed by atoms with Gasteiger partial charge in [-0.1, -0.05) is 18.6 Å². The normalized spacial score (nSPS) is 11.9. The molecule has 0 saturated carbocycles. The van der Waals surface area contributed by atoms with E-state index in [2.05, 4.69) is 30.5 Å². The van der Waals surface area contributed by atoms with Gasteiger partial charge in [0.2, 0.25) is 0 Å². The highest BCUT2D eigenvalue weighted by atomic mass is 35.5. The van der Waals surface area contributed by atoms with Crippen molar-refractivity contribution < 1.29 is 0 Å². The third-order valence-electron chi connectivity index (χ3n) is 2.51. The van der Waals surface area contributed by atoms with E-state index in [-0.39, 0.29) is 18.4 Å². The van der Waals surface area contributed by atoms with E-state index in [0.29, 0.717) is 0 Å². The molecule has 0 bridgehead atoms. The van der Waals surface area contributed by atoms with Crippen molar-refractivity contribution in [3.63, 3.8) is 0 Å². The summed E-state index contributed by atoms with van der Waals surface area (Å²) in [5.74, 6) is 0. The maximum absolute atomic E-state index is 6.08. The van der Waals surface area contributed by atoms with Crippen molar-refractivity contribution in [3.05, 3.63) is 29.8 Å². The molecule has 4 heteroatoms. The first-order valence-corrected chi connectivity index (χ1v) is 6.60. The van der Waals surface area contributed by atoms with Gasteiger partial charge in [-0.05, 0) is 43.3 Å². The Bertz CT molecular complexity index is 277. The van der Waals surface area contributed by atoms with Crippen LogP contribution in [0.3, 0.4) is 0 Å². The molecule has 0 amide bonds. The number of rotatable bonds is 6. The van der Waals surface area contributed by atoms with Gasteiger partial charge in [-0.15, -0.1) is 24.2 Å². The molecule has 0 aliphatic heterocycles. The maximum Gasteiger partial charge on any atom is 0.0294 e. The number of hydrogen-bond acceptors (Lipinski definition) is 3. The molecule has 0 radical (unpaired) electrons. The third kappa shape index (κ3) is 5.21. The van der Waals surface area contributed by atoms with E-state index in [4.69, 9.17) is 11.5 Å². The molecular formula is C12H21ClN2S. The Morgan fingerprint density at radius 2 is 1.81 bits per heavy atom. The Balaban J connectivity index is 0.00000225. The zero-order valence-corrected chi connectivity index (χ0v) is 11.3. The topological polar surface area (TPSA) is 52.0 Å². The van der Waals surface area contributed by atoms with Crippen molar-refractivity contribution in [1.82, 2.24) is 0 Å². The average Bonchev–Trinajstić information content (AvgIpc) is 2.29. The van der Waals surface area contributed by atoms with Crippen LogP contribution in [-0.4, -0.2) is 12.8 Å². The quantitative estimate of drug-likeness (QED) is 0.611. The molecule has 0 heterocycles. The second kappa shape index (κ2) is 8.88. The molecule has 1 aromatic carbocycles. The Kier molecular flexibility index (Phi) is 8.76. The highest BCUT2D eigenvalue weighted by Gasteiger charge is 2.04. The van der Waals surface area contributed by atoms with Gasteiger partial charge in [-0.25, -0.2) is 0 Å². The van der Waals surface area contributed by atoms with Gasteiger partial charge in [-0.3, -0.25) is 0 Å². The van der Waals surface area contributed by atoms with Crippen LogP contribution in [0.25, 0.3) is 0 Å². The fourth-order valence-corrected chi connectivity index (χ4v) is 1.93. The first-order chi connectivity index (χ1) is 7.27. The van der Waals surface area contributed by atoms with Gasteiger partial charge in [0.1, 0.15) is 0 Å². The van der Waals surface area contributed by atoms with Crippen LogP contribution in [0.5, 0.6) is 0 Å². The van der Waals surface area contributed by atoms with E-state index in [0.717, 1.165) is 25.8 Å². The first kappa shape index (κ1) is 15.8. The molecule has 0 aliphatic carbocycles. The van der Waals surface area contributed by atoms with E-state index in [1.54, 1.807) is 11.8 Å². The number of hydrogen-bond donors (Lipinski definition) is 2.